The molecular weight excluding hydrogens is 268 g/mol. The molecule has 0 unspecified atom stereocenters. The van der Waals surface area contributed by atoms with Gasteiger partial charge in [-0.1, -0.05) is 41.9 Å². The summed E-state index contributed by atoms with van der Waals surface area (Å²) in [7, 11) is 0. The predicted octanol–water partition coefficient (Wildman–Crippen LogP) is 3.69. The van der Waals surface area contributed by atoms with E-state index in [1.807, 2.05) is 18.2 Å². The van der Waals surface area contributed by atoms with Crippen LogP contribution in [0.2, 0.25) is 0 Å². The summed E-state index contributed by atoms with van der Waals surface area (Å²) in [5, 5.41) is 0. The number of carbonyl (C=O) groups is 1. The lowest BCUT2D eigenvalue weighted by molar-refractivity contribution is 0.0739. The maximum absolute atomic E-state index is 11.7. The second-order valence-electron chi connectivity index (χ2n) is 4.17. The van der Waals surface area contributed by atoms with Crippen LogP contribution in [-0.2, 0) is 4.74 Å². The van der Waals surface area contributed by atoms with Crippen LogP contribution in [0.5, 0.6) is 0 Å². The molecule has 0 atom stereocenters. The largest absolute Gasteiger partial charge is 0.373 e. The number of Topliss-reactive ketones (excluding diaryl/α,β-unsaturated/α-hetero) is 1. The van der Waals surface area contributed by atoms with Crippen molar-refractivity contribution in [3.63, 3.8) is 0 Å². The second-order valence-corrected chi connectivity index (χ2v) is 5.08. The highest BCUT2D eigenvalue weighted by Gasteiger charge is 2.06. The Morgan fingerprint density at radius 1 is 1.44 bits per heavy atom. The van der Waals surface area contributed by atoms with Crippen molar-refractivity contribution in [1.29, 1.82) is 0 Å². The van der Waals surface area contributed by atoms with E-state index in [1.54, 1.807) is 6.07 Å². The van der Waals surface area contributed by atoms with E-state index in [0.717, 1.165) is 10.9 Å². The highest BCUT2D eigenvalue weighted by atomic mass is 79.9. The molecule has 0 spiro atoms. The molecule has 0 fully saturated rings. The van der Waals surface area contributed by atoms with Gasteiger partial charge in [0, 0.05) is 16.6 Å². The van der Waals surface area contributed by atoms with E-state index in [4.69, 9.17) is 4.74 Å². The highest BCUT2D eigenvalue weighted by Crippen LogP contribution is 2.12. The fraction of sp³-hybridized carbons (Fsp3) is 0.462. The van der Waals surface area contributed by atoms with E-state index in [0.29, 0.717) is 18.1 Å². The summed E-state index contributed by atoms with van der Waals surface area (Å²) in [5.74, 6) is 0.644. The van der Waals surface area contributed by atoms with Gasteiger partial charge in [-0.25, -0.2) is 0 Å². The van der Waals surface area contributed by atoms with Crippen molar-refractivity contribution in [3.05, 3.63) is 34.3 Å². The molecule has 0 saturated heterocycles. The number of hydrogen-bond acceptors (Lipinski definition) is 2. The quantitative estimate of drug-likeness (QED) is 0.588. The molecule has 0 bridgehead atoms. The van der Waals surface area contributed by atoms with E-state index in [1.165, 1.54) is 0 Å². The molecule has 1 aromatic carbocycles. The molecule has 2 nitrogen and oxygen atoms in total. The number of ketones is 1. The zero-order valence-electron chi connectivity index (χ0n) is 9.70. The van der Waals surface area contributed by atoms with Crippen molar-refractivity contribution in [3.8, 4) is 0 Å². The van der Waals surface area contributed by atoms with Crippen molar-refractivity contribution >= 4 is 21.7 Å². The Balaban J connectivity index is 2.35. The SMILES string of the molecule is CC(C)CCOCC(=O)c1cccc(Br)c1. The van der Waals surface area contributed by atoms with Gasteiger partial charge in [0.05, 0.1) is 0 Å². The molecule has 88 valence electrons. The molecule has 0 aliphatic heterocycles. The Morgan fingerprint density at radius 3 is 2.81 bits per heavy atom. The van der Waals surface area contributed by atoms with Gasteiger partial charge < -0.3 is 4.74 Å². The van der Waals surface area contributed by atoms with Gasteiger partial charge in [0.25, 0.3) is 0 Å². The molecule has 0 amide bonds. The lowest BCUT2D eigenvalue weighted by atomic mass is 10.1. The number of hydrogen-bond donors (Lipinski definition) is 0. The van der Waals surface area contributed by atoms with Crippen LogP contribution in [0.1, 0.15) is 30.6 Å². The van der Waals surface area contributed by atoms with Crippen LogP contribution < -0.4 is 0 Å². The average molecular weight is 285 g/mol. The van der Waals surface area contributed by atoms with Crippen molar-refractivity contribution in [2.24, 2.45) is 5.92 Å². The molecule has 0 N–H and O–H groups in total. The molecule has 1 rings (SSSR count). The standard InChI is InChI=1S/C13H17BrO2/c1-10(2)6-7-16-9-13(15)11-4-3-5-12(14)8-11/h3-5,8,10H,6-7,9H2,1-2H3. The summed E-state index contributed by atoms with van der Waals surface area (Å²) in [6.07, 6.45) is 0.992. The zero-order valence-corrected chi connectivity index (χ0v) is 11.3. The summed E-state index contributed by atoms with van der Waals surface area (Å²) in [6.45, 7) is 5.10. The third-order valence-corrected chi connectivity index (χ3v) is 2.71. The predicted molar refractivity (Wildman–Crippen MR) is 68.7 cm³/mol. The van der Waals surface area contributed by atoms with Crippen molar-refractivity contribution in [1.82, 2.24) is 0 Å². The van der Waals surface area contributed by atoms with Gasteiger partial charge in [-0.15, -0.1) is 0 Å². The first-order valence-electron chi connectivity index (χ1n) is 5.46. The topological polar surface area (TPSA) is 26.3 Å². The van der Waals surface area contributed by atoms with Crippen LogP contribution in [0, 0.1) is 5.92 Å². The average Bonchev–Trinajstić information content (AvgIpc) is 2.24. The molecule has 0 aromatic heterocycles. The lowest BCUT2D eigenvalue weighted by Crippen LogP contribution is -2.10. The fourth-order valence-electron chi connectivity index (χ4n) is 1.23. The van der Waals surface area contributed by atoms with Gasteiger partial charge in [-0.2, -0.15) is 0 Å². The summed E-state index contributed by atoms with van der Waals surface area (Å²) in [4.78, 5) is 11.7. The summed E-state index contributed by atoms with van der Waals surface area (Å²) in [5.41, 5.74) is 0.693. The Bertz CT molecular complexity index is 348. The molecule has 0 aliphatic carbocycles. The van der Waals surface area contributed by atoms with Gasteiger partial charge in [-0.3, -0.25) is 4.79 Å². The van der Waals surface area contributed by atoms with Crippen molar-refractivity contribution < 1.29 is 9.53 Å². The summed E-state index contributed by atoms with van der Waals surface area (Å²) in [6, 6.07) is 7.37. The maximum Gasteiger partial charge on any atom is 0.188 e. The number of carbonyl (C=O) groups excluding carboxylic acids is 1. The van der Waals surface area contributed by atoms with Crippen molar-refractivity contribution in [2.45, 2.75) is 20.3 Å². The number of halogens is 1. The van der Waals surface area contributed by atoms with Gasteiger partial charge in [0.2, 0.25) is 0 Å². The normalized spacial score (nSPS) is 10.8. The highest BCUT2D eigenvalue weighted by molar-refractivity contribution is 9.10. The van der Waals surface area contributed by atoms with Gasteiger partial charge >= 0.3 is 0 Å². The Labute approximate surface area is 105 Å². The minimum Gasteiger partial charge on any atom is -0.373 e. The fourth-order valence-corrected chi connectivity index (χ4v) is 1.63. The summed E-state index contributed by atoms with van der Waals surface area (Å²) >= 11 is 3.34. The number of rotatable bonds is 6. The lowest BCUT2D eigenvalue weighted by Gasteiger charge is -2.06. The van der Waals surface area contributed by atoms with E-state index in [-0.39, 0.29) is 12.4 Å². The maximum atomic E-state index is 11.7. The number of ether oxygens (including phenoxy) is 1. The third kappa shape index (κ3) is 4.90. The van der Waals surface area contributed by atoms with Crippen LogP contribution in [-0.4, -0.2) is 19.0 Å². The minimum absolute atomic E-state index is 0.0325. The van der Waals surface area contributed by atoms with Crippen LogP contribution in [0.25, 0.3) is 0 Å². The second kappa shape index (κ2) is 6.81. The molecule has 0 heterocycles. The minimum atomic E-state index is 0.0325. The van der Waals surface area contributed by atoms with E-state index >= 15 is 0 Å². The Morgan fingerprint density at radius 2 is 2.19 bits per heavy atom. The first-order valence-corrected chi connectivity index (χ1v) is 6.25. The van der Waals surface area contributed by atoms with Crippen LogP contribution in [0.15, 0.2) is 28.7 Å². The zero-order chi connectivity index (χ0) is 12.0. The third-order valence-electron chi connectivity index (χ3n) is 2.22. The van der Waals surface area contributed by atoms with Crippen LogP contribution in [0.3, 0.4) is 0 Å². The van der Waals surface area contributed by atoms with Gasteiger partial charge in [0.1, 0.15) is 6.61 Å². The van der Waals surface area contributed by atoms with Gasteiger partial charge in [0.15, 0.2) is 5.78 Å². The van der Waals surface area contributed by atoms with Crippen LogP contribution in [0.4, 0.5) is 0 Å². The monoisotopic (exact) mass is 284 g/mol. The summed E-state index contributed by atoms with van der Waals surface area (Å²) < 4.78 is 6.25. The van der Waals surface area contributed by atoms with E-state index in [2.05, 4.69) is 29.8 Å². The van der Waals surface area contributed by atoms with Gasteiger partial charge in [-0.05, 0) is 24.5 Å². The van der Waals surface area contributed by atoms with Crippen LogP contribution >= 0.6 is 15.9 Å². The van der Waals surface area contributed by atoms with E-state index < -0.39 is 0 Å². The molecule has 0 radical (unpaired) electrons. The molecule has 0 saturated carbocycles. The molecule has 3 heteroatoms. The molecule has 0 aliphatic rings. The first kappa shape index (κ1) is 13.4. The van der Waals surface area contributed by atoms with Crippen molar-refractivity contribution in [2.75, 3.05) is 13.2 Å². The smallest absolute Gasteiger partial charge is 0.188 e. The Kier molecular flexibility index (Phi) is 5.71. The first-order chi connectivity index (χ1) is 7.59. The number of benzene rings is 1. The molecular formula is C13H17BrO2. The Hall–Kier alpha value is -0.670. The molecule has 1 aromatic rings. The molecule has 16 heavy (non-hydrogen) atoms. The van der Waals surface area contributed by atoms with E-state index in [9.17, 15) is 4.79 Å².